The smallest absolute Gasteiger partial charge is 0.258 e. The third-order valence-corrected chi connectivity index (χ3v) is 8.04. The Balaban J connectivity index is 1.33. The molecule has 2 amide bonds. The maximum absolute atomic E-state index is 13.4. The fourth-order valence-corrected chi connectivity index (χ4v) is 5.93. The first-order valence-electron chi connectivity index (χ1n) is 14.3. The molecule has 2 N–H and O–H groups in total. The van der Waals surface area contributed by atoms with Gasteiger partial charge in [-0.15, -0.1) is 0 Å². The molecule has 0 atom stereocenters. The molecule has 0 radical (unpaired) electrons. The first-order valence-corrected chi connectivity index (χ1v) is 14.3. The van der Waals surface area contributed by atoms with Crippen molar-refractivity contribution in [1.29, 1.82) is 0 Å². The lowest BCUT2D eigenvalue weighted by Crippen LogP contribution is -2.35. The van der Waals surface area contributed by atoms with Crippen molar-refractivity contribution in [3.63, 3.8) is 0 Å². The van der Waals surface area contributed by atoms with E-state index in [1.54, 1.807) is 0 Å². The molecule has 6 rings (SSSR count). The molecule has 6 heteroatoms. The highest BCUT2D eigenvalue weighted by Gasteiger charge is 2.30. The molecule has 0 bridgehead atoms. The zero-order valence-electron chi connectivity index (χ0n) is 22.4. The lowest BCUT2D eigenvalue weighted by atomic mass is 9.97. The fraction of sp³-hybridized carbons (Fsp3) is 0.333. The molecule has 0 aromatic heterocycles. The summed E-state index contributed by atoms with van der Waals surface area (Å²) in [6, 6.07) is 24.0. The third-order valence-electron chi connectivity index (χ3n) is 8.04. The molecule has 2 fully saturated rings. The lowest BCUT2D eigenvalue weighted by Gasteiger charge is -2.27. The minimum atomic E-state index is -0.166. The van der Waals surface area contributed by atoms with Gasteiger partial charge in [-0.1, -0.05) is 48.9 Å². The van der Waals surface area contributed by atoms with E-state index in [0.717, 1.165) is 60.7 Å². The van der Waals surface area contributed by atoms with Crippen LogP contribution in [0.3, 0.4) is 0 Å². The van der Waals surface area contributed by atoms with Crippen LogP contribution in [0, 0.1) is 0 Å². The molecule has 2 saturated heterocycles. The van der Waals surface area contributed by atoms with Crippen LogP contribution in [0.4, 0.5) is 11.4 Å². The summed E-state index contributed by atoms with van der Waals surface area (Å²) in [5.41, 5.74) is 6.54. The molecule has 0 saturated carbocycles. The van der Waals surface area contributed by atoms with E-state index in [2.05, 4.69) is 39.8 Å². The highest BCUT2D eigenvalue weighted by atomic mass is 16.2. The molecule has 39 heavy (non-hydrogen) atoms. The lowest BCUT2D eigenvalue weighted by molar-refractivity contribution is -0.110. The SMILES string of the molecule is O=C1Nc2ccc(C(=O)N3CCCCC3)cc2C1=C(Nc1ccc(CN2CCCCC2)cc1)c1ccccc1. The third kappa shape index (κ3) is 5.62. The molecule has 0 unspecified atom stereocenters. The highest BCUT2D eigenvalue weighted by Crippen LogP contribution is 2.38. The summed E-state index contributed by atoms with van der Waals surface area (Å²) in [5.74, 6) is -0.129. The zero-order valence-corrected chi connectivity index (χ0v) is 22.4. The monoisotopic (exact) mass is 520 g/mol. The number of anilines is 2. The van der Waals surface area contributed by atoms with Gasteiger partial charge in [0.2, 0.25) is 0 Å². The highest BCUT2D eigenvalue weighted by molar-refractivity contribution is 6.37. The van der Waals surface area contributed by atoms with Gasteiger partial charge < -0.3 is 15.5 Å². The molecular weight excluding hydrogens is 484 g/mol. The van der Waals surface area contributed by atoms with Crippen molar-refractivity contribution < 1.29 is 9.59 Å². The van der Waals surface area contributed by atoms with Crippen LogP contribution in [-0.4, -0.2) is 47.8 Å². The van der Waals surface area contributed by atoms with E-state index in [-0.39, 0.29) is 11.8 Å². The number of hydrogen-bond donors (Lipinski definition) is 2. The quantitative estimate of drug-likeness (QED) is 0.378. The zero-order chi connectivity index (χ0) is 26.6. The van der Waals surface area contributed by atoms with E-state index in [1.807, 2.05) is 53.4 Å². The van der Waals surface area contributed by atoms with Crippen LogP contribution in [-0.2, 0) is 11.3 Å². The van der Waals surface area contributed by atoms with Crippen molar-refractivity contribution in [3.8, 4) is 0 Å². The van der Waals surface area contributed by atoms with Crippen molar-refractivity contribution >= 4 is 34.5 Å². The average Bonchev–Trinajstić information content (AvgIpc) is 3.32. The van der Waals surface area contributed by atoms with Crippen molar-refractivity contribution in [2.45, 2.75) is 45.1 Å². The van der Waals surface area contributed by atoms with Crippen LogP contribution in [0.2, 0.25) is 0 Å². The van der Waals surface area contributed by atoms with Gasteiger partial charge >= 0.3 is 0 Å². The Kier molecular flexibility index (Phi) is 7.46. The standard InChI is InChI=1S/C33H36N4O2/c38-32-30(28-22-26(14-17-29(28)35-32)33(39)37-20-8-3-9-21-37)31(25-10-4-1-5-11-25)34-27-15-12-24(13-16-27)23-36-18-6-2-7-19-36/h1,4-5,10-17,22,34H,2-3,6-9,18-21,23H2,(H,35,38). The van der Waals surface area contributed by atoms with Gasteiger partial charge in [0, 0.05) is 42.1 Å². The van der Waals surface area contributed by atoms with Crippen LogP contribution in [0.5, 0.6) is 0 Å². The minimum absolute atomic E-state index is 0.0368. The number of benzene rings is 3. The number of hydrogen-bond acceptors (Lipinski definition) is 4. The number of piperidine rings is 2. The van der Waals surface area contributed by atoms with Crippen molar-refractivity contribution in [2.24, 2.45) is 0 Å². The number of likely N-dealkylation sites (tertiary alicyclic amines) is 2. The van der Waals surface area contributed by atoms with Gasteiger partial charge in [0.15, 0.2) is 0 Å². The van der Waals surface area contributed by atoms with E-state index in [9.17, 15) is 9.59 Å². The summed E-state index contributed by atoms with van der Waals surface area (Å²) in [7, 11) is 0. The van der Waals surface area contributed by atoms with Crippen LogP contribution in [0.1, 0.15) is 65.6 Å². The number of carbonyl (C=O) groups excluding carboxylic acids is 2. The topological polar surface area (TPSA) is 64.7 Å². The first kappa shape index (κ1) is 25.4. The molecule has 0 spiro atoms. The maximum atomic E-state index is 13.4. The summed E-state index contributed by atoms with van der Waals surface area (Å²) < 4.78 is 0. The number of rotatable bonds is 6. The summed E-state index contributed by atoms with van der Waals surface area (Å²) in [6.07, 6.45) is 7.15. The van der Waals surface area contributed by atoms with E-state index in [0.29, 0.717) is 11.1 Å². The Hall–Kier alpha value is -3.90. The molecule has 0 aliphatic carbocycles. The molecular formula is C33H36N4O2. The first-order chi connectivity index (χ1) is 19.2. The molecule has 3 aliphatic heterocycles. The second-order valence-corrected chi connectivity index (χ2v) is 10.8. The van der Waals surface area contributed by atoms with Gasteiger partial charge in [-0.3, -0.25) is 14.5 Å². The summed E-state index contributed by atoms with van der Waals surface area (Å²) in [4.78, 5) is 31.1. The Bertz CT molecular complexity index is 1370. The van der Waals surface area contributed by atoms with Crippen molar-refractivity contribution in [3.05, 3.63) is 95.1 Å². The van der Waals surface area contributed by atoms with E-state index < -0.39 is 0 Å². The number of nitrogens with zero attached hydrogens (tertiary/aromatic N) is 2. The van der Waals surface area contributed by atoms with Crippen molar-refractivity contribution in [1.82, 2.24) is 9.80 Å². The molecule has 3 aromatic rings. The molecule has 6 nitrogen and oxygen atoms in total. The Morgan fingerprint density at radius 1 is 0.769 bits per heavy atom. The molecule has 200 valence electrons. The predicted octanol–water partition coefficient (Wildman–Crippen LogP) is 6.23. The Morgan fingerprint density at radius 2 is 1.46 bits per heavy atom. The maximum Gasteiger partial charge on any atom is 0.258 e. The number of fused-ring (bicyclic) bond motifs is 1. The summed E-state index contributed by atoms with van der Waals surface area (Å²) in [5, 5.41) is 6.58. The van der Waals surface area contributed by atoms with E-state index in [1.165, 1.54) is 44.3 Å². The van der Waals surface area contributed by atoms with Gasteiger partial charge in [0.05, 0.1) is 11.3 Å². The Labute approximate surface area is 230 Å². The number of amides is 2. The van der Waals surface area contributed by atoms with Crippen LogP contribution >= 0.6 is 0 Å². The van der Waals surface area contributed by atoms with Crippen LogP contribution < -0.4 is 10.6 Å². The number of nitrogens with one attached hydrogen (secondary N) is 2. The van der Waals surface area contributed by atoms with E-state index in [4.69, 9.17) is 0 Å². The molecule has 3 aliphatic rings. The summed E-state index contributed by atoms with van der Waals surface area (Å²) in [6.45, 7) is 4.89. The van der Waals surface area contributed by atoms with Gasteiger partial charge in [-0.2, -0.15) is 0 Å². The van der Waals surface area contributed by atoms with Gasteiger partial charge in [0.1, 0.15) is 0 Å². The second-order valence-electron chi connectivity index (χ2n) is 10.8. The van der Waals surface area contributed by atoms with Crippen LogP contribution in [0.15, 0.2) is 72.8 Å². The Morgan fingerprint density at radius 3 is 2.18 bits per heavy atom. The predicted molar refractivity (Wildman–Crippen MR) is 157 cm³/mol. The van der Waals surface area contributed by atoms with Gasteiger partial charge in [0.25, 0.3) is 11.8 Å². The normalized spacial score (nSPS) is 18.9. The molecule has 3 heterocycles. The molecule has 3 aromatic carbocycles. The minimum Gasteiger partial charge on any atom is -0.354 e. The summed E-state index contributed by atoms with van der Waals surface area (Å²) >= 11 is 0. The largest absolute Gasteiger partial charge is 0.354 e. The fourth-order valence-electron chi connectivity index (χ4n) is 5.93. The second kappa shape index (κ2) is 11.5. The van der Waals surface area contributed by atoms with Gasteiger partial charge in [-0.25, -0.2) is 0 Å². The van der Waals surface area contributed by atoms with E-state index >= 15 is 0 Å². The van der Waals surface area contributed by atoms with Crippen LogP contribution in [0.25, 0.3) is 11.3 Å². The number of carbonyl (C=O) groups is 2. The average molecular weight is 521 g/mol. The van der Waals surface area contributed by atoms with Gasteiger partial charge in [-0.05, 0) is 86.7 Å². The van der Waals surface area contributed by atoms with Crippen molar-refractivity contribution in [2.75, 3.05) is 36.8 Å².